The Labute approximate surface area is 305 Å². The molecule has 2 aromatic carbocycles. The normalized spacial score (nSPS) is 19.2. The van der Waals surface area contributed by atoms with Crippen molar-refractivity contribution >= 4 is 35.2 Å². The van der Waals surface area contributed by atoms with Gasteiger partial charge in [-0.1, -0.05) is 12.8 Å². The highest BCUT2D eigenvalue weighted by molar-refractivity contribution is 6.47. The topological polar surface area (TPSA) is 147 Å². The van der Waals surface area contributed by atoms with Gasteiger partial charge in [-0.2, -0.15) is 0 Å². The molecule has 0 saturated heterocycles. The number of alkyl halides is 6. The molecule has 54 heavy (non-hydrogen) atoms. The van der Waals surface area contributed by atoms with Crippen molar-refractivity contribution in [2.45, 2.75) is 95.2 Å². The number of carboxylic acid groups (broad SMARTS) is 1. The summed E-state index contributed by atoms with van der Waals surface area (Å²) in [5, 5.41) is 9.14. The molecule has 2 aliphatic heterocycles. The Hall–Kier alpha value is -5.16. The van der Waals surface area contributed by atoms with E-state index in [4.69, 9.17) is 9.84 Å². The molecule has 0 bridgehead atoms. The van der Waals surface area contributed by atoms with Gasteiger partial charge >= 0.3 is 24.7 Å². The zero-order valence-electron chi connectivity index (χ0n) is 29.2. The Morgan fingerprint density at radius 3 is 1.37 bits per heavy atom. The molecule has 2 spiro atoms. The number of carbonyl (C=O) groups excluding carboxylic acids is 3. The molecule has 6 rings (SSSR count). The molecule has 1 N–H and O–H groups in total. The van der Waals surface area contributed by atoms with Crippen molar-refractivity contribution in [2.75, 3.05) is 19.7 Å². The minimum Gasteiger partial charge on any atom is -0.480 e. The number of nitrogens with zero attached hydrogens (tertiary/aromatic N) is 4. The van der Waals surface area contributed by atoms with Crippen LogP contribution in [0.2, 0.25) is 0 Å². The van der Waals surface area contributed by atoms with Gasteiger partial charge in [0, 0.05) is 11.1 Å². The van der Waals surface area contributed by atoms with E-state index < -0.39 is 60.1 Å². The first kappa shape index (κ1) is 40.0. The maximum atomic E-state index is 13.0. The van der Waals surface area contributed by atoms with Crippen molar-refractivity contribution in [1.29, 1.82) is 0 Å². The second-order valence-electron chi connectivity index (χ2n) is 13.1. The molecular formula is C36H38F6N4O8. The van der Waals surface area contributed by atoms with E-state index in [0.29, 0.717) is 36.8 Å². The maximum absolute atomic E-state index is 13.0. The van der Waals surface area contributed by atoms with E-state index in [-0.39, 0.29) is 30.3 Å². The molecule has 0 radical (unpaired) electrons. The van der Waals surface area contributed by atoms with E-state index in [9.17, 15) is 45.5 Å². The van der Waals surface area contributed by atoms with Crippen LogP contribution in [0.4, 0.5) is 26.3 Å². The van der Waals surface area contributed by atoms with Crippen LogP contribution in [-0.2, 0) is 23.9 Å². The second kappa shape index (κ2) is 16.1. The van der Waals surface area contributed by atoms with Crippen molar-refractivity contribution in [3.8, 4) is 11.5 Å². The van der Waals surface area contributed by atoms with Gasteiger partial charge in [0.1, 0.15) is 47.3 Å². The van der Waals surface area contributed by atoms with Crippen LogP contribution < -0.4 is 9.47 Å². The van der Waals surface area contributed by atoms with Crippen molar-refractivity contribution in [3.63, 3.8) is 0 Å². The van der Waals surface area contributed by atoms with Crippen molar-refractivity contribution in [1.82, 2.24) is 9.80 Å². The highest BCUT2D eigenvalue weighted by atomic mass is 19.4. The third-order valence-corrected chi connectivity index (χ3v) is 9.46. The monoisotopic (exact) mass is 768 g/mol. The van der Waals surface area contributed by atoms with Gasteiger partial charge in [-0.25, -0.2) is 0 Å². The standard InChI is InChI=1S/C19H21F3N2O4.C17H17F3N2O4/c1-2-27-15(25)12-24-17(26)16(23-18(24)10-4-3-5-11-18)13-6-8-14(9-7-13)28-19(20,21)22;18-17(19,20)26-12-6-4-11(5-7-12)14-15(25)22(10-13(23)24)16(21-14)8-2-1-3-9-16/h6-9H,2-5,10-12H2,1H3;4-7H,1-3,8-10H2,(H,23,24). The third kappa shape index (κ3) is 9.49. The molecule has 0 atom stereocenters. The minimum atomic E-state index is -4.80. The van der Waals surface area contributed by atoms with E-state index in [1.165, 1.54) is 34.1 Å². The number of hydrogen-bond acceptors (Lipinski definition) is 9. The SMILES string of the molecule is CCOC(=O)CN1C(=O)C(c2ccc(OC(F)(F)F)cc2)=NC12CCCCC2.O=C(O)CN1C(=O)C(c2ccc(OC(F)(F)F)cc2)=NC12CCCCC2. The first-order chi connectivity index (χ1) is 25.4. The zero-order chi connectivity index (χ0) is 39.3. The number of amides is 2. The number of esters is 1. The Morgan fingerprint density at radius 1 is 0.667 bits per heavy atom. The number of ether oxygens (including phenoxy) is 3. The van der Waals surface area contributed by atoms with E-state index in [1.54, 1.807) is 6.92 Å². The van der Waals surface area contributed by atoms with Crippen molar-refractivity contribution in [3.05, 3.63) is 59.7 Å². The molecule has 0 unspecified atom stereocenters. The largest absolute Gasteiger partial charge is 0.573 e. The van der Waals surface area contributed by atoms with Crippen molar-refractivity contribution in [2.24, 2.45) is 9.98 Å². The quantitative estimate of drug-likeness (QED) is 0.228. The fourth-order valence-corrected chi connectivity index (χ4v) is 7.18. The van der Waals surface area contributed by atoms with E-state index in [1.807, 2.05) is 0 Å². The van der Waals surface area contributed by atoms with Crippen LogP contribution in [0, 0.1) is 0 Å². The van der Waals surface area contributed by atoms with Crippen LogP contribution in [0.15, 0.2) is 58.5 Å². The average molecular weight is 769 g/mol. The van der Waals surface area contributed by atoms with Gasteiger partial charge in [0.2, 0.25) is 0 Å². The lowest BCUT2D eigenvalue weighted by molar-refractivity contribution is -0.275. The van der Waals surface area contributed by atoms with E-state index in [0.717, 1.165) is 62.8 Å². The lowest BCUT2D eigenvalue weighted by Gasteiger charge is -2.38. The number of aliphatic carboxylic acids is 1. The third-order valence-electron chi connectivity index (χ3n) is 9.46. The first-order valence-electron chi connectivity index (χ1n) is 17.4. The lowest BCUT2D eigenvalue weighted by Crippen LogP contribution is -2.50. The summed E-state index contributed by atoms with van der Waals surface area (Å²) in [5.41, 5.74) is -0.724. The lowest BCUT2D eigenvalue weighted by atomic mass is 9.88. The zero-order valence-corrected chi connectivity index (χ0v) is 29.2. The molecule has 2 fully saturated rings. The number of carboxylic acids is 1. The number of benzene rings is 2. The van der Waals surface area contributed by atoms with Crippen LogP contribution >= 0.6 is 0 Å². The fourth-order valence-electron chi connectivity index (χ4n) is 7.18. The Balaban J connectivity index is 0.000000208. The van der Waals surface area contributed by atoms with Crippen LogP contribution in [-0.4, -0.2) is 93.8 Å². The van der Waals surface area contributed by atoms with Crippen LogP contribution in [0.3, 0.4) is 0 Å². The summed E-state index contributed by atoms with van der Waals surface area (Å²) < 4.78 is 86.4. The molecule has 2 aromatic rings. The highest BCUT2D eigenvalue weighted by Gasteiger charge is 2.50. The number of hydrogen-bond donors (Lipinski definition) is 1. The van der Waals surface area contributed by atoms with Crippen LogP contribution in [0.25, 0.3) is 0 Å². The van der Waals surface area contributed by atoms with Gasteiger partial charge in [-0.05, 0) is 107 Å². The number of rotatable bonds is 9. The first-order valence-corrected chi connectivity index (χ1v) is 17.4. The molecule has 2 heterocycles. The summed E-state index contributed by atoms with van der Waals surface area (Å²) in [6.07, 6.45) is -1.73. The Kier molecular flexibility index (Phi) is 11.9. The summed E-state index contributed by atoms with van der Waals surface area (Å²) >= 11 is 0. The van der Waals surface area contributed by atoms with Crippen LogP contribution in [0.5, 0.6) is 11.5 Å². The number of aliphatic imine (C=N–C) groups is 2. The van der Waals surface area contributed by atoms with Gasteiger partial charge in [0.05, 0.1) is 6.61 Å². The molecule has 2 aliphatic carbocycles. The van der Waals surface area contributed by atoms with Gasteiger partial charge in [-0.15, -0.1) is 26.3 Å². The summed E-state index contributed by atoms with van der Waals surface area (Å²) in [4.78, 5) is 60.8. The smallest absolute Gasteiger partial charge is 0.480 e. The summed E-state index contributed by atoms with van der Waals surface area (Å²) in [7, 11) is 0. The number of carbonyl (C=O) groups is 4. The fraction of sp³-hybridized carbons (Fsp3) is 0.500. The summed E-state index contributed by atoms with van der Waals surface area (Å²) in [5.74, 6) is -3.35. The Bertz CT molecular complexity index is 1760. The van der Waals surface area contributed by atoms with Gasteiger partial charge < -0.3 is 29.1 Å². The molecule has 4 aliphatic rings. The molecule has 18 heteroatoms. The predicted molar refractivity (Wildman–Crippen MR) is 179 cm³/mol. The summed E-state index contributed by atoms with van der Waals surface area (Å²) in [6.45, 7) is 1.24. The maximum Gasteiger partial charge on any atom is 0.573 e. The van der Waals surface area contributed by atoms with Gasteiger partial charge in [-0.3, -0.25) is 29.2 Å². The summed E-state index contributed by atoms with van der Waals surface area (Å²) in [6, 6.07) is 9.85. The molecule has 292 valence electrons. The van der Waals surface area contributed by atoms with Gasteiger partial charge in [0.25, 0.3) is 11.8 Å². The molecule has 2 saturated carbocycles. The Morgan fingerprint density at radius 2 is 1.04 bits per heavy atom. The molecule has 0 aromatic heterocycles. The average Bonchev–Trinajstić information content (AvgIpc) is 3.50. The van der Waals surface area contributed by atoms with Crippen molar-refractivity contribution < 1.29 is 64.8 Å². The molecule has 2 amide bonds. The van der Waals surface area contributed by atoms with Gasteiger partial charge in [0.15, 0.2) is 0 Å². The number of halogens is 6. The minimum absolute atomic E-state index is 0.0757. The molecule has 12 nitrogen and oxygen atoms in total. The highest BCUT2D eigenvalue weighted by Crippen LogP contribution is 2.41. The van der Waals surface area contributed by atoms with Crippen LogP contribution in [0.1, 0.15) is 82.3 Å². The molecular weight excluding hydrogens is 730 g/mol. The second-order valence-corrected chi connectivity index (χ2v) is 13.1. The van der Waals surface area contributed by atoms with E-state index >= 15 is 0 Å². The predicted octanol–water partition coefficient (Wildman–Crippen LogP) is 6.40. The van der Waals surface area contributed by atoms with E-state index in [2.05, 4.69) is 19.5 Å².